The molecule has 1 saturated carbocycles. The quantitative estimate of drug-likeness (QED) is 0.761. The van der Waals surface area contributed by atoms with Gasteiger partial charge in [0.15, 0.2) is 0 Å². The predicted molar refractivity (Wildman–Crippen MR) is 70.8 cm³/mol. The van der Waals surface area contributed by atoms with Gasteiger partial charge < -0.3 is 10.1 Å². The van der Waals surface area contributed by atoms with Gasteiger partial charge in [0.1, 0.15) is 12.4 Å². The molecule has 96 valence electrons. The first kappa shape index (κ1) is 11.6. The normalized spacial score (nSPS) is 21.7. The highest BCUT2D eigenvalue weighted by atomic mass is 16.5. The molecule has 3 heteroatoms. The number of anilines is 1. The maximum absolute atomic E-state index is 12.5. The van der Waals surface area contributed by atoms with Crippen LogP contribution >= 0.6 is 0 Å². The van der Waals surface area contributed by atoms with Crippen LogP contribution in [-0.2, 0) is 4.79 Å². The lowest BCUT2D eigenvalue weighted by atomic mass is 9.74. The van der Waals surface area contributed by atoms with Gasteiger partial charge in [0, 0.05) is 0 Å². The van der Waals surface area contributed by atoms with Crippen LogP contribution in [0.1, 0.15) is 37.7 Å². The second-order valence-electron chi connectivity index (χ2n) is 5.54. The van der Waals surface area contributed by atoms with Crippen LogP contribution in [0.3, 0.4) is 0 Å². The third-order valence-electron chi connectivity index (χ3n) is 4.25. The number of rotatable bonds is 0. The molecule has 1 aliphatic heterocycles. The molecule has 1 fully saturated rings. The number of aryl methyl sites for hydroxylation is 1. The topological polar surface area (TPSA) is 38.3 Å². The van der Waals surface area contributed by atoms with E-state index in [9.17, 15) is 4.79 Å². The van der Waals surface area contributed by atoms with Crippen LogP contribution in [0.2, 0.25) is 0 Å². The lowest BCUT2D eigenvalue weighted by molar-refractivity contribution is -0.128. The van der Waals surface area contributed by atoms with Crippen molar-refractivity contribution in [1.82, 2.24) is 0 Å². The van der Waals surface area contributed by atoms with Crippen molar-refractivity contribution in [3.63, 3.8) is 0 Å². The smallest absolute Gasteiger partial charge is 0.234 e. The molecule has 0 bridgehead atoms. The first-order valence-electron chi connectivity index (χ1n) is 6.75. The number of nitrogens with one attached hydrogen (secondary N) is 1. The average Bonchev–Trinajstić information content (AvgIpc) is 2.51. The minimum absolute atomic E-state index is 0.145. The summed E-state index contributed by atoms with van der Waals surface area (Å²) < 4.78 is 5.96. The fourth-order valence-corrected chi connectivity index (χ4v) is 3.07. The van der Waals surface area contributed by atoms with Crippen LogP contribution in [0.5, 0.6) is 5.75 Å². The van der Waals surface area contributed by atoms with Gasteiger partial charge in [-0.1, -0.05) is 31.4 Å². The molecule has 2 aliphatic rings. The standard InChI is InChI=1S/C15H19NO2/c1-11-6-5-7-12-13(11)18-10-15(14(17)16-12)8-3-2-4-9-15/h5-7H,2-4,8-10H2,1H3,(H,16,17). The van der Waals surface area contributed by atoms with Crippen LogP contribution in [0.15, 0.2) is 18.2 Å². The predicted octanol–water partition coefficient (Wildman–Crippen LogP) is 3.28. The van der Waals surface area contributed by atoms with Crippen LogP contribution in [-0.4, -0.2) is 12.5 Å². The van der Waals surface area contributed by atoms with E-state index in [0.29, 0.717) is 6.61 Å². The van der Waals surface area contributed by atoms with Crippen molar-refractivity contribution in [2.45, 2.75) is 39.0 Å². The van der Waals surface area contributed by atoms with Gasteiger partial charge >= 0.3 is 0 Å². The summed E-state index contributed by atoms with van der Waals surface area (Å²) in [4.78, 5) is 12.5. The molecule has 3 rings (SSSR count). The van der Waals surface area contributed by atoms with E-state index < -0.39 is 0 Å². The van der Waals surface area contributed by atoms with E-state index in [1.807, 2.05) is 25.1 Å². The highest BCUT2D eigenvalue weighted by Crippen LogP contribution is 2.42. The zero-order valence-electron chi connectivity index (χ0n) is 10.8. The second kappa shape index (κ2) is 4.30. The van der Waals surface area contributed by atoms with Gasteiger partial charge in [0.25, 0.3) is 0 Å². The first-order valence-corrected chi connectivity index (χ1v) is 6.75. The van der Waals surface area contributed by atoms with Gasteiger partial charge in [-0.25, -0.2) is 0 Å². The molecule has 3 nitrogen and oxygen atoms in total. The Kier molecular flexibility index (Phi) is 2.77. The molecule has 18 heavy (non-hydrogen) atoms. The van der Waals surface area contributed by atoms with E-state index in [1.165, 1.54) is 6.42 Å². The lowest BCUT2D eigenvalue weighted by Crippen LogP contribution is -2.41. The third-order valence-corrected chi connectivity index (χ3v) is 4.25. The molecule has 1 aromatic rings. The van der Waals surface area contributed by atoms with E-state index in [1.54, 1.807) is 0 Å². The number of ether oxygens (including phenoxy) is 1. The zero-order valence-corrected chi connectivity index (χ0v) is 10.8. The summed E-state index contributed by atoms with van der Waals surface area (Å²) in [6.07, 6.45) is 5.40. The van der Waals surface area contributed by atoms with E-state index >= 15 is 0 Å². The highest BCUT2D eigenvalue weighted by molar-refractivity contribution is 5.97. The molecule has 0 saturated heterocycles. The molecule has 0 radical (unpaired) electrons. The number of hydrogen-bond donors (Lipinski definition) is 1. The van der Waals surface area contributed by atoms with E-state index in [2.05, 4.69) is 5.32 Å². The maximum atomic E-state index is 12.5. The SMILES string of the molecule is Cc1cccc2c1OCC1(CCCCC1)C(=O)N2. The molecule has 0 unspecified atom stereocenters. The minimum Gasteiger partial charge on any atom is -0.490 e. The van der Waals surface area contributed by atoms with E-state index in [-0.39, 0.29) is 11.3 Å². The Labute approximate surface area is 108 Å². The monoisotopic (exact) mass is 245 g/mol. The van der Waals surface area contributed by atoms with Crippen LogP contribution in [0.4, 0.5) is 5.69 Å². The molecule has 1 aromatic carbocycles. The first-order chi connectivity index (χ1) is 8.71. The third kappa shape index (κ3) is 1.78. The van der Waals surface area contributed by atoms with Crippen LogP contribution in [0, 0.1) is 12.3 Å². The fourth-order valence-electron chi connectivity index (χ4n) is 3.07. The average molecular weight is 245 g/mol. The van der Waals surface area contributed by atoms with Crippen molar-refractivity contribution < 1.29 is 9.53 Å². The molecule has 1 amide bonds. The van der Waals surface area contributed by atoms with Crippen molar-refractivity contribution >= 4 is 11.6 Å². The summed E-state index contributed by atoms with van der Waals surface area (Å²) in [5.74, 6) is 0.986. The van der Waals surface area contributed by atoms with Crippen molar-refractivity contribution in [1.29, 1.82) is 0 Å². The van der Waals surface area contributed by atoms with Crippen LogP contribution < -0.4 is 10.1 Å². The summed E-state index contributed by atoms with van der Waals surface area (Å²) >= 11 is 0. The lowest BCUT2D eigenvalue weighted by Gasteiger charge is -2.33. The Balaban J connectivity index is 1.95. The second-order valence-corrected chi connectivity index (χ2v) is 5.54. The van der Waals surface area contributed by atoms with Gasteiger partial charge in [-0.05, 0) is 31.4 Å². The Hall–Kier alpha value is -1.51. The van der Waals surface area contributed by atoms with E-state index in [4.69, 9.17) is 4.74 Å². The summed E-state index contributed by atoms with van der Waals surface area (Å²) in [5, 5.41) is 3.06. The molecule has 0 aromatic heterocycles. The fraction of sp³-hybridized carbons (Fsp3) is 0.533. The number of carbonyl (C=O) groups excluding carboxylic acids is 1. The van der Waals surface area contributed by atoms with Gasteiger partial charge in [-0.15, -0.1) is 0 Å². The number of benzene rings is 1. The number of para-hydroxylation sites is 1. The summed E-state index contributed by atoms with van der Waals surface area (Å²) in [6.45, 7) is 2.54. The number of carbonyl (C=O) groups is 1. The molecule has 1 N–H and O–H groups in total. The Morgan fingerprint density at radius 1 is 1.22 bits per heavy atom. The maximum Gasteiger partial charge on any atom is 0.234 e. The molecule has 0 atom stereocenters. The Morgan fingerprint density at radius 3 is 2.78 bits per heavy atom. The van der Waals surface area contributed by atoms with E-state index in [0.717, 1.165) is 42.7 Å². The number of hydrogen-bond acceptors (Lipinski definition) is 2. The number of fused-ring (bicyclic) bond motifs is 1. The van der Waals surface area contributed by atoms with Crippen molar-refractivity contribution in [2.24, 2.45) is 5.41 Å². The molecular formula is C15H19NO2. The van der Waals surface area contributed by atoms with Gasteiger partial charge in [-0.3, -0.25) is 4.79 Å². The largest absolute Gasteiger partial charge is 0.490 e. The van der Waals surface area contributed by atoms with Crippen LogP contribution in [0.25, 0.3) is 0 Å². The summed E-state index contributed by atoms with van der Waals surface area (Å²) in [6, 6.07) is 5.89. The number of amides is 1. The van der Waals surface area contributed by atoms with Gasteiger partial charge in [0.2, 0.25) is 5.91 Å². The Bertz CT molecular complexity index is 475. The summed E-state index contributed by atoms with van der Waals surface area (Å²) in [5.41, 5.74) is 1.60. The van der Waals surface area contributed by atoms with Crippen molar-refractivity contribution in [3.05, 3.63) is 23.8 Å². The van der Waals surface area contributed by atoms with Gasteiger partial charge in [-0.2, -0.15) is 0 Å². The molecule has 1 heterocycles. The Morgan fingerprint density at radius 2 is 2.00 bits per heavy atom. The molecule has 1 aliphatic carbocycles. The highest BCUT2D eigenvalue weighted by Gasteiger charge is 2.42. The van der Waals surface area contributed by atoms with Crippen molar-refractivity contribution in [2.75, 3.05) is 11.9 Å². The molecular weight excluding hydrogens is 226 g/mol. The molecule has 1 spiro atoms. The summed E-state index contributed by atoms with van der Waals surface area (Å²) in [7, 11) is 0. The minimum atomic E-state index is -0.302. The zero-order chi connectivity index (χ0) is 12.6. The van der Waals surface area contributed by atoms with Crippen molar-refractivity contribution in [3.8, 4) is 5.75 Å². The van der Waals surface area contributed by atoms with Gasteiger partial charge in [0.05, 0.1) is 11.1 Å².